The number of unbranched alkanes of at least 4 members (excludes halogenated alkanes) is 11. The van der Waals surface area contributed by atoms with E-state index in [-0.39, 0.29) is 26.1 Å². The second-order valence-corrected chi connectivity index (χ2v) is 18.5. The Morgan fingerprint density at radius 2 is 0.891 bits per heavy atom. The predicted octanol–water partition coefficient (Wildman–Crippen LogP) is 14.1. The molecule has 0 amide bonds. The van der Waals surface area contributed by atoms with E-state index in [1.807, 2.05) is 21.1 Å². The van der Waals surface area contributed by atoms with Gasteiger partial charge in [0.2, 0.25) is 0 Å². The van der Waals surface area contributed by atoms with E-state index in [1.54, 1.807) is 0 Å². The molecule has 0 rings (SSSR count). The fourth-order valence-electron chi connectivity index (χ4n) is 5.96. The second kappa shape index (κ2) is 44.9. The molecule has 0 aliphatic rings. The lowest BCUT2D eigenvalue weighted by atomic mass is 10.1. The molecule has 2 atom stereocenters. The molecule has 0 aliphatic heterocycles. The molecule has 0 radical (unpaired) electrons. The largest absolute Gasteiger partial charge is 0.756 e. The third-order valence-electron chi connectivity index (χ3n) is 9.78. The molecule has 364 valence electrons. The van der Waals surface area contributed by atoms with Crippen molar-refractivity contribution in [3.05, 3.63) is 109 Å². The van der Waals surface area contributed by atoms with Gasteiger partial charge in [-0.2, -0.15) is 0 Å². The zero-order valence-electron chi connectivity index (χ0n) is 40.9. The summed E-state index contributed by atoms with van der Waals surface area (Å²) in [7, 11) is 1.11. The third-order valence-corrected chi connectivity index (χ3v) is 10.7. The quantitative estimate of drug-likeness (QED) is 0.0195. The number of quaternary nitrogens is 1. The van der Waals surface area contributed by atoms with Gasteiger partial charge in [-0.3, -0.25) is 14.2 Å². The van der Waals surface area contributed by atoms with Gasteiger partial charge in [0.25, 0.3) is 7.82 Å². The number of hydrogen-bond acceptors (Lipinski definition) is 8. The molecule has 0 saturated heterocycles. The molecule has 0 N–H and O–H groups in total. The highest BCUT2D eigenvalue weighted by atomic mass is 31.2. The molecule has 0 aromatic rings. The van der Waals surface area contributed by atoms with Gasteiger partial charge in [0.1, 0.15) is 19.8 Å². The van der Waals surface area contributed by atoms with Crippen LogP contribution < -0.4 is 4.89 Å². The van der Waals surface area contributed by atoms with Crippen LogP contribution in [0.2, 0.25) is 0 Å². The smallest absolute Gasteiger partial charge is 0.306 e. The van der Waals surface area contributed by atoms with Crippen LogP contribution in [-0.4, -0.2) is 70.0 Å². The van der Waals surface area contributed by atoms with E-state index in [4.69, 9.17) is 18.5 Å². The molecule has 0 aromatic heterocycles. The van der Waals surface area contributed by atoms with E-state index < -0.39 is 32.5 Å². The van der Waals surface area contributed by atoms with Crippen LogP contribution in [-0.2, 0) is 32.7 Å². The first-order chi connectivity index (χ1) is 31.0. The number of rotatable bonds is 43. The lowest BCUT2D eigenvalue weighted by molar-refractivity contribution is -0.870. The normalized spacial score (nSPS) is 14.4. The molecule has 64 heavy (non-hydrogen) atoms. The van der Waals surface area contributed by atoms with Crippen LogP contribution in [0, 0.1) is 0 Å². The lowest BCUT2D eigenvalue weighted by Crippen LogP contribution is -2.37. The van der Waals surface area contributed by atoms with Crippen LogP contribution in [0.3, 0.4) is 0 Å². The summed E-state index contributed by atoms with van der Waals surface area (Å²) in [4.78, 5) is 37.7. The van der Waals surface area contributed by atoms with Gasteiger partial charge in [-0.05, 0) is 103 Å². The first kappa shape index (κ1) is 60.7. The highest BCUT2D eigenvalue weighted by Gasteiger charge is 2.21. The minimum atomic E-state index is -4.65. The van der Waals surface area contributed by atoms with Gasteiger partial charge in [0.05, 0.1) is 27.7 Å². The number of phosphoric acid groups is 1. The summed E-state index contributed by atoms with van der Waals surface area (Å²) in [5.74, 6) is -0.910. The molecule has 10 heteroatoms. The van der Waals surface area contributed by atoms with Crippen molar-refractivity contribution in [2.75, 3.05) is 47.5 Å². The number of nitrogens with zero attached hydrogens (tertiary/aromatic N) is 1. The Bertz CT molecular complexity index is 1450. The second-order valence-electron chi connectivity index (χ2n) is 17.1. The average Bonchev–Trinajstić information content (AvgIpc) is 3.25. The highest BCUT2D eigenvalue weighted by molar-refractivity contribution is 7.45. The van der Waals surface area contributed by atoms with Crippen LogP contribution in [0.5, 0.6) is 0 Å². The monoisotopic (exact) mass is 912 g/mol. The van der Waals surface area contributed by atoms with E-state index in [2.05, 4.69) is 123 Å². The fourth-order valence-corrected chi connectivity index (χ4v) is 6.69. The summed E-state index contributed by atoms with van der Waals surface area (Å²) in [6.07, 6.45) is 61.2. The topological polar surface area (TPSA) is 111 Å². The number of ether oxygens (including phenoxy) is 2. The number of phosphoric ester groups is 1. The van der Waals surface area contributed by atoms with E-state index in [0.29, 0.717) is 23.9 Å². The molecule has 0 fully saturated rings. The molecule has 9 nitrogen and oxygen atoms in total. The highest BCUT2D eigenvalue weighted by Crippen LogP contribution is 2.38. The lowest BCUT2D eigenvalue weighted by Gasteiger charge is -2.28. The molecule has 0 aromatic carbocycles. The SMILES string of the molecule is CC/C=C\C/C=C\C/C=C\C/C=C\C/C=C\C/C=C\CCCCC(=O)OC(COC(=O)CCCCCCCC/C=C\C/C=C\C/C=C\CCCCC)COP(=O)([O-])OCC[N+](C)(C)C. The summed E-state index contributed by atoms with van der Waals surface area (Å²) in [5, 5.41) is 0. The molecule has 0 bridgehead atoms. The Morgan fingerprint density at radius 1 is 0.500 bits per heavy atom. The van der Waals surface area contributed by atoms with Crippen LogP contribution in [0.25, 0.3) is 0 Å². The zero-order chi connectivity index (χ0) is 47.1. The summed E-state index contributed by atoms with van der Waals surface area (Å²) in [5.41, 5.74) is 0. The fraction of sp³-hybridized carbons (Fsp3) is 0.630. The summed E-state index contributed by atoms with van der Waals surface area (Å²) in [6, 6.07) is 0. The van der Waals surface area contributed by atoms with Gasteiger partial charge in [0.15, 0.2) is 6.10 Å². The van der Waals surface area contributed by atoms with Crippen LogP contribution >= 0.6 is 7.82 Å². The predicted molar refractivity (Wildman–Crippen MR) is 268 cm³/mol. The first-order valence-electron chi connectivity index (χ1n) is 24.6. The number of esters is 2. The molecular weight excluding hydrogens is 822 g/mol. The Hall–Kier alpha value is -3.33. The number of carbonyl (C=O) groups excluding carboxylic acids is 2. The average molecular weight is 912 g/mol. The first-order valence-corrected chi connectivity index (χ1v) is 26.1. The number of hydrogen-bond donors (Lipinski definition) is 0. The van der Waals surface area contributed by atoms with E-state index in [9.17, 15) is 19.0 Å². The van der Waals surface area contributed by atoms with Gasteiger partial charge in [-0.1, -0.05) is 162 Å². The summed E-state index contributed by atoms with van der Waals surface area (Å²) < 4.78 is 33.9. The Labute approximate surface area is 391 Å². The van der Waals surface area contributed by atoms with Crippen molar-refractivity contribution in [2.45, 2.75) is 174 Å². The minimum Gasteiger partial charge on any atom is -0.756 e. The van der Waals surface area contributed by atoms with Gasteiger partial charge >= 0.3 is 11.9 Å². The van der Waals surface area contributed by atoms with Gasteiger partial charge in [-0.15, -0.1) is 0 Å². The number of allylic oxidation sites excluding steroid dienone is 18. The van der Waals surface area contributed by atoms with Gasteiger partial charge in [0, 0.05) is 12.8 Å². The van der Waals surface area contributed by atoms with Crippen molar-refractivity contribution in [2.24, 2.45) is 0 Å². The van der Waals surface area contributed by atoms with Crippen LogP contribution in [0.4, 0.5) is 0 Å². The van der Waals surface area contributed by atoms with E-state index in [1.165, 1.54) is 25.7 Å². The molecular formula is C54H90NO8P. The standard InChI is InChI=1S/C54H90NO8P/c1-6-8-10-12-14-16-18-20-22-24-26-27-29-31-33-35-37-39-41-43-45-47-54(57)63-52(51-62-64(58,59)61-49-48-55(3,4)5)50-60-53(56)46-44-42-40-38-36-34-32-30-28-25-23-21-19-17-15-13-11-9-7-2/h8,10,14-17,20-23,26-28,30-31,33,37,39,52H,6-7,9,11-13,18-19,24-25,29,32,34-36,38,40-51H2,1-5H3/b10-8-,16-14-,17-15-,22-20-,23-21-,27-26-,30-28-,33-31-,39-37-. The molecule has 0 aliphatic carbocycles. The van der Waals surface area contributed by atoms with Crippen molar-refractivity contribution in [1.29, 1.82) is 0 Å². The van der Waals surface area contributed by atoms with E-state index in [0.717, 1.165) is 103 Å². The summed E-state index contributed by atoms with van der Waals surface area (Å²) >= 11 is 0. The van der Waals surface area contributed by atoms with Crippen LogP contribution in [0.1, 0.15) is 168 Å². The van der Waals surface area contributed by atoms with Gasteiger partial charge < -0.3 is 27.9 Å². The maximum atomic E-state index is 12.7. The maximum Gasteiger partial charge on any atom is 0.306 e. The van der Waals surface area contributed by atoms with Crippen LogP contribution in [0.15, 0.2) is 109 Å². The Kier molecular flexibility index (Phi) is 42.5. The molecule has 0 spiro atoms. The molecule has 0 saturated carbocycles. The summed E-state index contributed by atoms with van der Waals surface area (Å²) in [6.45, 7) is 4.00. The van der Waals surface area contributed by atoms with Crippen molar-refractivity contribution in [3.8, 4) is 0 Å². The zero-order valence-corrected chi connectivity index (χ0v) is 41.8. The van der Waals surface area contributed by atoms with Crippen molar-refractivity contribution >= 4 is 19.8 Å². The third kappa shape index (κ3) is 48.1. The minimum absolute atomic E-state index is 0.0485. The van der Waals surface area contributed by atoms with Crippen molar-refractivity contribution < 1.29 is 42.1 Å². The Balaban J connectivity index is 4.43. The van der Waals surface area contributed by atoms with Crippen molar-refractivity contribution in [3.63, 3.8) is 0 Å². The number of carbonyl (C=O) groups is 2. The molecule has 0 heterocycles. The van der Waals surface area contributed by atoms with E-state index >= 15 is 0 Å². The van der Waals surface area contributed by atoms with Gasteiger partial charge in [-0.25, -0.2) is 0 Å². The Morgan fingerprint density at radius 3 is 1.36 bits per heavy atom. The molecule has 2 unspecified atom stereocenters. The maximum absolute atomic E-state index is 12.7. The van der Waals surface area contributed by atoms with Crippen molar-refractivity contribution in [1.82, 2.24) is 0 Å². The number of likely N-dealkylation sites (N-methyl/N-ethyl adjacent to an activating group) is 1.